The van der Waals surface area contributed by atoms with Gasteiger partial charge in [0.25, 0.3) is 5.79 Å². The van der Waals surface area contributed by atoms with Crippen LogP contribution in [-0.4, -0.2) is 80.6 Å². The van der Waals surface area contributed by atoms with Crippen molar-refractivity contribution in [2.75, 3.05) is 13.2 Å². The molecule has 1 spiro atoms. The molecule has 0 aliphatic carbocycles. The van der Waals surface area contributed by atoms with Gasteiger partial charge in [0.05, 0.1) is 17.7 Å². The van der Waals surface area contributed by atoms with Gasteiger partial charge >= 0.3 is 29.7 Å². The minimum absolute atomic E-state index is 0.0886. The summed E-state index contributed by atoms with van der Waals surface area (Å²) in [5.74, 6) is -5.85. The lowest BCUT2D eigenvalue weighted by Gasteiger charge is -2.40. The number of nitrogens with zero attached hydrogens (tertiary/aromatic N) is 1. The first-order chi connectivity index (χ1) is 14.8. The molecule has 4 atom stereocenters. The highest BCUT2D eigenvalue weighted by Crippen LogP contribution is 2.39. The molecule has 0 aromatic heterocycles. The van der Waals surface area contributed by atoms with E-state index < -0.39 is 71.9 Å². The fraction of sp³-hybridized carbons (Fsp3) is 0.471. The van der Waals surface area contributed by atoms with E-state index in [1.807, 2.05) is 0 Å². The van der Waals surface area contributed by atoms with E-state index in [1.165, 1.54) is 4.58 Å². The number of nitrogens with two attached hydrogens (primary N) is 2. The van der Waals surface area contributed by atoms with Gasteiger partial charge < -0.3 is 20.1 Å². The largest absolute Gasteiger partial charge is 0.449 e. The molecule has 3 aliphatic heterocycles. The predicted molar refractivity (Wildman–Crippen MR) is 95.9 cm³/mol. The van der Waals surface area contributed by atoms with Gasteiger partial charge in [-0.25, -0.2) is 19.1 Å². The molecule has 11 nitrogen and oxygen atoms in total. The number of carbonyl (C=O) groups is 1. The Bertz CT molecular complexity index is 1040. The summed E-state index contributed by atoms with van der Waals surface area (Å²) in [6.45, 7) is -0.914. The molecule has 10 N–H and O–H groups in total. The van der Waals surface area contributed by atoms with Crippen LogP contribution in [0, 0.1) is 5.82 Å². The summed E-state index contributed by atoms with van der Waals surface area (Å²) in [6, 6.07) is -0.699. The molecule has 1 aromatic rings. The Hall–Kier alpha value is -3.17. The van der Waals surface area contributed by atoms with Crippen molar-refractivity contribution in [2.24, 2.45) is 11.5 Å². The van der Waals surface area contributed by atoms with Gasteiger partial charge in [-0.1, -0.05) is 0 Å². The zero-order valence-corrected chi connectivity index (χ0v) is 16.2. The second-order valence-corrected chi connectivity index (χ2v) is 7.70. The Kier molecular flexibility index (Phi) is 4.76. The number of hydrogen-bond acceptors (Lipinski definition) is 9. The molecule has 32 heavy (non-hydrogen) atoms. The highest BCUT2D eigenvalue weighted by atomic mass is 19.4. The van der Waals surface area contributed by atoms with Crippen LogP contribution in [0.4, 0.5) is 17.6 Å². The van der Waals surface area contributed by atoms with E-state index in [-0.39, 0.29) is 18.0 Å². The maximum absolute atomic E-state index is 13.7. The van der Waals surface area contributed by atoms with Crippen LogP contribution in [0.5, 0.6) is 0 Å². The van der Waals surface area contributed by atoms with Crippen molar-refractivity contribution in [2.45, 2.75) is 35.8 Å². The Morgan fingerprint density at radius 3 is 2.62 bits per heavy atom. The van der Waals surface area contributed by atoms with Crippen LogP contribution in [0.1, 0.15) is 15.9 Å². The van der Waals surface area contributed by atoms with E-state index in [0.29, 0.717) is 12.1 Å². The lowest BCUT2D eigenvalue weighted by molar-refractivity contribution is -0.674. The van der Waals surface area contributed by atoms with Crippen LogP contribution >= 0.6 is 0 Å². The molecule has 1 fully saturated rings. The number of aliphatic hydroxyl groups excluding tert-OH is 1. The smallest absolute Gasteiger partial charge is 0.416 e. The van der Waals surface area contributed by atoms with Crippen molar-refractivity contribution < 1.29 is 52.0 Å². The van der Waals surface area contributed by atoms with Gasteiger partial charge in [-0.3, -0.25) is 21.8 Å². The minimum Gasteiger partial charge on any atom is -0.449 e. The van der Waals surface area contributed by atoms with Crippen LogP contribution in [0.25, 0.3) is 0 Å². The van der Waals surface area contributed by atoms with Gasteiger partial charge in [0.2, 0.25) is 0 Å². The first kappa shape index (κ1) is 22.0. The molecule has 1 saturated heterocycles. The Morgan fingerprint density at radius 2 is 2.00 bits per heavy atom. The topological polar surface area (TPSA) is 180 Å². The number of benzene rings is 1. The van der Waals surface area contributed by atoms with Crippen molar-refractivity contribution in [1.29, 1.82) is 0 Å². The summed E-state index contributed by atoms with van der Waals surface area (Å²) < 4.78 is 58.8. The lowest BCUT2D eigenvalue weighted by Crippen LogP contribution is -2.91. The van der Waals surface area contributed by atoms with E-state index in [2.05, 4.69) is 15.6 Å². The van der Waals surface area contributed by atoms with Gasteiger partial charge in [0.1, 0.15) is 18.4 Å². The molecule has 3 aliphatic rings. The lowest BCUT2D eigenvalue weighted by atomic mass is 9.86. The van der Waals surface area contributed by atoms with Crippen molar-refractivity contribution in [1.82, 2.24) is 10.6 Å². The van der Waals surface area contributed by atoms with Gasteiger partial charge in [-0.2, -0.15) is 13.2 Å². The molecule has 174 valence electrons. The van der Waals surface area contributed by atoms with Crippen LogP contribution in [0.15, 0.2) is 18.2 Å². The molecule has 0 unspecified atom stereocenters. The number of guanidine groups is 2. The third-order valence-corrected chi connectivity index (χ3v) is 5.80. The normalized spacial score (nSPS) is 30.7. The van der Waals surface area contributed by atoms with E-state index in [1.54, 1.807) is 0 Å². The first-order valence-corrected chi connectivity index (χ1v) is 9.29. The Labute approximate surface area is 177 Å². The number of carbonyl (C=O) groups excluding carboxylic acids is 1. The van der Waals surface area contributed by atoms with E-state index >= 15 is 0 Å². The molecule has 0 amide bonds. The molecular formula is C17H20F4N6O5+2. The minimum atomic E-state index is -4.92. The summed E-state index contributed by atoms with van der Waals surface area (Å²) >= 11 is 0. The van der Waals surface area contributed by atoms with E-state index in [4.69, 9.17) is 16.2 Å². The van der Waals surface area contributed by atoms with Crippen molar-refractivity contribution in [3.8, 4) is 0 Å². The van der Waals surface area contributed by atoms with Crippen molar-refractivity contribution in [3.63, 3.8) is 0 Å². The number of hydrogen-bond donors (Lipinski definition) is 8. The third kappa shape index (κ3) is 3.03. The Morgan fingerprint density at radius 1 is 1.31 bits per heavy atom. The van der Waals surface area contributed by atoms with Crippen LogP contribution in [0.3, 0.4) is 0 Å². The molecule has 1 aromatic carbocycles. The van der Waals surface area contributed by atoms with E-state index in [9.17, 15) is 37.7 Å². The maximum atomic E-state index is 13.7. The molecular weight excluding hydrogens is 444 g/mol. The average molecular weight is 464 g/mol. The van der Waals surface area contributed by atoms with Crippen LogP contribution in [0.2, 0.25) is 0 Å². The van der Waals surface area contributed by atoms with Gasteiger partial charge in [0.15, 0.2) is 12.1 Å². The average Bonchev–Trinajstić information content (AvgIpc) is 3.15. The van der Waals surface area contributed by atoms with Crippen molar-refractivity contribution >= 4 is 17.9 Å². The van der Waals surface area contributed by atoms with Crippen LogP contribution in [-0.2, 0) is 10.9 Å². The van der Waals surface area contributed by atoms with Crippen LogP contribution < -0.4 is 27.1 Å². The summed E-state index contributed by atoms with van der Waals surface area (Å²) in [4.78, 5) is 15.3. The summed E-state index contributed by atoms with van der Waals surface area (Å²) in [5.41, 5.74) is 7.64. The Balaban J connectivity index is 1.69. The second-order valence-electron chi connectivity index (χ2n) is 7.70. The highest BCUT2D eigenvalue weighted by Gasteiger charge is 2.78. The van der Waals surface area contributed by atoms with Crippen molar-refractivity contribution in [3.05, 3.63) is 35.1 Å². The summed E-state index contributed by atoms with van der Waals surface area (Å²) in [6.07, 6.45) is -6.68. The highest BCUT2D eigenvalue weighted by molar-refractivity contribution is 5.90. The number of rotatable bonds is 3. The standard InChI is InChI=1S/C17H18F4N6O5/c18-8-2-6(1-7(3-8)17(19,20)21)12(29)32-10-4-27-14(23)24-9(5-28)11-15(27,16(10,30)31)26-13(22)25-11/h1-3,9-11,28,30-31H,4-5H2,(H5,22,23,24,25,26)/p+2/t9-,10-,11-,15-/m0/s1. The quantitative estimate of drug-likeness (QED) is 0.0946. The number of nitrogens with one attached hydrogen (secondary N) is 3. The molecule has 3 heterocycles. The molecule has 0 bridgehead atoms. The molecule has 4 rings (SSSR count). The predicted octanol–water partition coefficient (Wildman–Crippen LogP) is -4.58. The summed E-state index contributed by atoms with van der Waals surface area (Å²) in [7, 11) is 0. The third-order valence-electron chi connectivity index (χ3n) is 5.80. The molecule has 0 saturated carbocycles. The number of esters is 1. The van der Waals surface area contributed by atoms with Gasteiger partial charge in [-0.05, 0) is 18.2 Å². The maximum Gasteiger partial charge on any atom is 0.416 e. The van der Waals surface area contributed by atoms with Gasteiger partial charge in [0, 0.05) is 0 Å². The van der Waals surface area contributed by atoms with Gasteiger partial charge in [-0.15, -0.1) is 0 Å². The molecule has 15 heteroatoms. The molecule has 0 radical (unpaired) electrons. The zero-order valence-electron chi connectivity index (χ0n) is 16.2. The monoisotopic (exact) mass is 464 g/mol. The second kappa shape index (κ2) is 6.91. The zero-order chi connectivity index (χ0) is 23.6. The fourth-order valence-corrected chi connectivity index (χ4v) is 4.40. The van der Waals surface area contributed by atoms with E-state index in [0.717, 1.165) is 0 Å². The number of halogens is 4. The SMILES string of the molecule is NC1=[NH+][C@H]2[C@H](CO)NC(N)=[N+]3C[C@H](OC(=O)c4cc(F)cc(C(F)(F)F)c4)C(O)(O)[C@]23N1. The first-order valence-electron chi connectivity index (χ1n) is 9.29. The fourth-order valence-electron chi connectivity index (χ4n) is 4.40. The summed E-state index contributed by atoms with van der Waals surface area (Å²) in [5, 5.41) is 37.1. The number of ether oxygens (including phenoxy) is 1. The number of alkyl halides is 3. The number of aliphatic hydroxyl groups is 3.